The Hall–Kier alpha value is -2.41. The molecular formula is C23H35N3O4. The van der Waals surface area contributed by atoms with Crippen LogP contribution in [0.2, 0.25) is 0 Å². The predicted molar refractivity (Wildman–Crippen MR) is 116 cm³/mol. The van der Waals surface area contributed by atoms with Crippen molar-refractivity contribution < 1.29 is 19.5 Å². The molecule has 7 nitrogen and oxygen atoms in total. The lowest BCUT2D eigenvalue weighted by Crippen LogP contribution is -2.41. The van der Waals surface area contributed by atoms with E-state index in [-0.39, 0.29) is 30.3 Å². The van der Waals surface area contributed by atoms with Crippen LogP contribution in [0.15, 0.2) is 30.3 Å². The van der Waals surface area contributed by atoms with Crippen molar-refractivity contribution in [2.45, 2.75) is 76.4 Å². The molecule has 3 unspecified atom stereocenters. The molecule has 1 saturated heterocycles. The number of benzene rings is 1. The summed E-state index contributed by atoms with van der Waals surface area (Å²) >= 11 is 0. The monoisotopic (exact) mass is 417 g/mol. The highest BCUT2D eigenvalue weighted by molar-refractivity contribution is 5.94. The van der Waals surface area contributed by atoms with Gasteiger partial charge in [-0.05, 0) is 58.2 Å². The Balaban J connectivity index is 1.66. The van der Waals surface area contributed by atoms with Gasteiger partial charge >= 0.3 is 5.97 Å². The summed E-state index contributed by atoms with van der Waals surface area (Å²) < 4.78 is 0. The fourth-order valence-electron chi connectivity index (χ4n) is 4.08. The lowest BCUT2D eigenvalue weighted by molar-refractivity contribution is -0.137. The van der Waals surface area contributed by atoms with Crippen LogP contribution in [0.4, 0.5) is 0 Å². The molecule has 3 N–H and O–H groups in total. The average Bonchev–Trinajstić information content (AvgIpc) is 3.04. The number of unbranched alkanes of at least 4 members (excludes halogenated alkanes) is 2. The van der Waals surface area contributed by atoms with E-state index in [2.05, 4.69) is 22.6 Å². The molecule has 0 spiro atoms. The smallest absolute Gasteiger partial charge is 0.303 e. The first-order chi connectivity index (χ1) is 14.4. The normalized spacial score (nSPS) is 19.9. The molecule has 7 heteroatoms. The number of carbonyl (C=O) groups is 3. The van der Waals surface area contributed by atoms with E-state index in [4.69, 9.17) is 5.11 Å². The zero-order valence-electron chi connectivity index (χ0n) is 18.1. The molecule has 1 aromatic carbocycles. The van der Waals surface area contributed by atoms with Crippen LogP contribution in [0.3, 0.4) is 0 Å². The molecule has 30 heavy (non-hydrogen) atoms. The highest BCUT2D eigenvalue weighted by Crippen LogP contribution is 2.27. The molecule has 1 aliphatic rings. The fraction of sp³-hybridized carbons (Fsp3) is 0.609. The van der Waals surface area contributed by atoms with Crippen molar-refractivity contribution in [3.63, 3.8) is 0 Å². The summed E-state index contributed by atoms with van der Waals surface area (Å²) in [6.45, 7) is 2.62. The topological polar surface area (TPSA) is 98.7 Å². The maximum atomic E-state index is 12.3. The third kappa shape index (κ3) is 8.14. The number of nitrogens with zero attached hydrogens (tertiary/aromatic N) is 1. The maximum absolute atomic E-state index is 12.3. The second-order valence-electron chi connectivity index (χ2n) is 8.29. The van der Waals surface area contributed by atoms with Crippen LogP contribution in [-0.4, -0.2) is 59.5 Å². The Kier molecular flexibility index (Phi) is 9.80. The van der Waals surface area contributed by atoms with E-state index in [9.17, 15) is 14.4 Å². The molecule has 1 heterocycles. The minimum atomic E-state index is -0.771. The number of carbonyl (C=O) groups excluding carboxylic acids is 2. The van der Waals surface area contributed by atoms with Crippen LogP contribution in [0, 0.1) is 0 Å². The quantitative estimate of drug-likeness (QED) is 0.454. The van der Waals surface area contributed by atoms with Crippen LogP contribution in [0.5, 0.6) is 0 Å². The molecule has 166 valence electrons. The van der Waals surface area contributed by atoms with Gasteiger partial charge in [-0.15, -0.1) is 0 Å². The van der Waals surface area contributed by atoms with Crippen molar-refractivity contribution in [1.29, 1.82) is 0 Å². The third-order valence-electron chi connectivity index (χ3n) is 5.83. The van der Waals surface area contributed by atoms with Gasteiger partial charge in [-0.2, -0.15) is 0 Å². The fourth-order valence-corrected chi connectivity index (χ4v) is 4.08. The van der Waals surface area contributed by atoms with Gasteiger partial charge in [0.2, 0.25) is 5.91 Å². The minimum Gasteiger partial charge on any atom is -0.481 e. The number of hydrogen-bond donors (Lipinski definition) is 3. The molecule has 1 fully saturated rings. The minimum absolute atomic E-state index is 0.0520. The molecule has 0 bridgehead atoms. The molecule has 0 saturated carbocycles. The molecule has 0 radical (unpaired) electrons. The third-order valence-corrected chi connectivity index (χ3v) is 5.83. The van der Waals surface area contributed by atoms with Crippen molar-refractivity contribution in [2.75, 3.05) is 13.6 Å². The standard InChI is InChI=1S/C23H35N3O4/c1-17(25-23(30)18-9-5-3-6-10-18)15-19-12-13-20(26(19)2)16-21(27)24-14-8-4-7-11-22(28)29/h3,5-6,9-10,17,19-20H,4,7-8,11-16H2,1-2H3,(H,24,27)(H,25,30)(H,28,29). The molecule has 2 rings (SSSR count). The summed E-state index contributed by atoms with van der Waals surface area (Å²) in [4.78, 5) is 37.3. The van der Waals surface area contributed by atoms with Gasteiger partial charge in [0, 0.05) is 43.1 Å². The van der Waals surface area contributed by atoms with Crippen LogP contribution in [-0.2, 0) is 9.59 Å². The van der Waals surface area contributed by atoms with E-state index in [1.165, 1.54) is 0 Å². The van der Waals surface area contributed by atoms with Crippen molar-refractivity contribution in [2.24, 2.45) is 0 Å². The number of amides is 2. The number of rotatable bonds is 12. The lowest BCUT2D eigenvalue weighted by atomic mass is 10.1. The van der Waals surface area contributed by atoms with Crippen LogP contribution >= 0.6 is 0 Å². The van der Waals surface area contributed by atoms with Crippen molar-refractivity contribution >= 4 is 17.8 Å². The number of hydrogen-bond acceptors (Lipinski definition) is 4. The van der Waals surface area contributed by atoms with Gasteiger partial charge in [-0.25, -0.2) is 0 Å². The van der Waals surface area contributed by atoms with Gasteiger partial charge < -0.3 is 15.7 Å². The Morgan fingerprint density at radius 1 is 1.10 bits per heavy atom. The van der Waals surface area contributed by atoms with Gasteiger partial charge in [0.1, 0.15) is 0 Å². The SMILES string of the molecule is CC(CC1CCC(CC(=O)NCCCCCC(=O)O)N1C)NC(=O)c1ccccc1. The molecule has 1 aliphatic heterocycles. The molecule has 3 atom stereocenters. The Morgan fingerprint density at radius 2 is 1.80 bits per heavy atom. The highest BCUT2D eigenvalue weighted by atomic mass is 16.4. The Bertz CT molecular complexity index is 695. The van der Waals surface area contributed by atoms with E-state index in [0.29, 0.717) is 31.0 Å². The van der Waals surface area contributed by atoms with E-state index in [0.717, 1.165) is 32.1 Å². The predicted octanol–water partition coefficient (Wildman–Crippen LogP) is 2.81. The average molecular weight is 418 g/mol. The van der Waals surface area contributed by atoms with E-state index in [1.54, 1.807) is 0 Å². The summed E-state index contributed by atoms with van der Waals surface area (Å²) in [6.07, 6.45) is 5.79. The maximum Gasteiger partial charge on any atom is 0.303 e. The first-order valence-corrected chi connectivity index (χ1v) is 10.9. The summed E-state index contributed by atoms with van der Waals surface area (Å²) in [6, 6.07) is 9.86. The van der Waals surface area contributed by atoms with E-state index in [1.807, 2.05) is 37.3 Å². The first kappa shape index (κ1) is 23.9. The van der Waals surface area contributed by atoms with Crippen LogP contribution in [0.1, 0.15) is 68.6 Å². The summed E-state index contributed by atoms with van der Waals surface area (Å²) in [5.74, 6) is -0.772. The Labute approximate surface area is 179 Å². The molecule has 0 aliphatic carbocycles. The summed E-state index contributed by atoms with van der Waals surface area (Å²) in [5, 5.41) is 14.6. The number of carboxylic acid groups (broad SMARTS) is 1. The summed E-state index contributed by atoms with van der Waals surface area (Å²) in [7, 11) is 2.06. The Morgan fingerprint density at radius 3 is 2.50 bits per heavy atom. The number of carboxylic acids is 1. The second kappa shape index (κ2) is 12.3. The van der Waals surface area contributed by atoms with Crippen LogP contribution in [0.25, 0.3) is 0 Å². The van der Waals surface area contributed by atoms with Gasteiger partial charge in [0.05, 0.1) is 0 Å². The van der Waals surface area contributed by atoms with E-state index >= 15 is 0 Å². The van der Waals surface area contributed by atoms with Crippen molar-refractivity contribution in [3.8, 4) is 0 Å². The molecule has 2 amide bonds. The summed E-state index contributed by atoms with van der Waals surface area (Å²) in [5.41, 5.74) is 0.668. The van der Waals surface area contributed by atoms with Crippen LogP contribution < -0.4 is 10.6 Å². The largest absolute Gasteiger partial charge is 0.481 e. The molecule has 0 aromatic heterocycles. The highest BCUT2D eigenvalue weighted by Gasteiger charge is 2.32. The second-order valence-corrected chi connectivity index (χ2v) is 8.29. The van der Waals surface area contributed by atoms with Gasteiger partial charge in [0.25, 0.3) is 5.91 Å². The van der Waals surface area contributed by atoms with E-state index < -0.39 is 5.97 Å². The van der Waals surface area contributed by atoms with Crippen molar-refractivity contribution in [1.82, 2.24) is 15.5 Å². The van der Waals surface area contributed by atoms with Crippen molar-refractivity contribution in [3.05, 3.63) is 35.9 Å². The zero-order chi connectivity index (χ0) is 21.9. The zero-order valence-corrected chi connectivity index (χ0v) is 18.1. The van der Waals surface area contributed by atoms with Gasteiger partial charge in [0.15, 0.2) is 0 Å². The number of nitrogens with one attached hydrogen (secondary N) is 2. The molecule has 1 aromatic rings. The number of likely N-dealkylation sites (tertiary alicyclic amines) is 1. The first-order valence-electron chi connectivity index (χ1n) is 10.9. The molecular weight excluding hydrogens is 382 g/mol. The van der Waals surface area contributed by atoms with Gasteiger partial charge in [-0.3, -0.25) is 19.3 Å². The number of aliphatic carboxylic acids is 1. The van der Waals surface area contributed by atoms with Gasteiger partial charge in [-0.1, -0.05) is 24.6 Å². The lowest BCUT2D eigenvalue weighted by Gasteiger charge is -2.28.